The molecule has 0 radical (unpaired) electrons. The smallest absolute Gasteiger partial charge is 0.324 e. The first kappa shape index (κ1) is 31.3. The number of hydrogen-bond donors (Lipinski definition) is 3. The molecule has 1 aliphatic carbocycles. The summed E-state index contributed by atoms with van der Waals surface area (Å²) in [7, 11) is -3.82. The Hall–Kier alpha value is -3.67. The van der Waals surface area contributed by atoms with E-state index in [4.69, 9.17) is 4.74 Å². The van der Waals surface area contributed by atoms with Crippen LogP contribution in [-0.4, -0.2) is 68.3 Å². The topological polar surface area (TPSA) is 124 Å². The first-order valence-corrected chi connectivity index (χ1v) is 17.6. The molecule has 2 aliphatic heterocycles. The highest BCUT2D eigenvalue weighted by molar-refractivity contribution is 7.92. The molecule has 11 heteroatoms. The Morgan fingerprint density at radius 2 is 1.87 bits per heavy atom. The van der Waals surface area contributed by atoms with Crippen molar-refractivity contribution in [2.45, 2.75) is 68.5 Å². The highest BCUT2D eigenvalue weighted by atomic mass is 32.2. The van der Waals surface area contributed by atoms with Crippen molar-refractivity contribution in [3.05, 3.63) is 78.1 Å². The summed E-state index contributed by atoms with van der Waals surface area (Å²) in [6.45, 7) is 3.09. The maximum absolute atomic E-state index is 13.2. The van der Waals surface area contributed by atoms with Crippen molar-refractivity contribution in [1.82, 2.24) is 15.2 Å². The van der Waals surface area contributed by atoms with Crippen LogP contribution < -0.4 is 19.7 Å². The molecule has 6 rings (SSSR count). The lowest BCUT2D eigenvalue weighted by Gasteiger charge is -2.27. The molecule has 2 atom stereocenters. The molecule has 1 saturated heterocycles. The number of urea groups is 1. The molecule has 3 aromatic rings. The van der Waals surface area contributed by atoms with E-state index in [0.717, 1.165) is 42.1 Å². The Morgan fingerprint density at radius 3 is 2.64 bits per heavy atom. The van der Waals surface area contributed by atoms with Gasteiger partial charge in [-0.15, -0.1) is 0 Å². The molecule has 240 valence electrons. The van der Waals surface area contributed by atoms with Gasteiger partial charge in [0.25, 0.3) is 10.0 Å². The molecule has 2 aromatic carbocycles. The third-order valence-electron chi connectivity index (χ3n) is 9.19. The zero-order valence-corrected chi connectivity index (χ0v) is 26.4. The van der Waals surface area contributed by atoms with Crippen LogP contribution in [0.3, 0.4) is 0 Å². The van der Waals surface area contributed by atoms with E-state index in [1.54, 1.807) is 65.8 Å². The van der Waals surface area contributed by atoms with Crippen LogP contribution in [0.2, 0.25) is 0 Å². The fourth-order valence-electron chi connectivity index (χ4n) is 6.63. The summed E-state index contributed by atoms with van der Waals surface area (Å²) in [6, 6.07) is 15.6. The zero-order valence-electron chi connectivity index (χ0n) is 25.6. The Labute approximate surface area is 265 Å². The summed E-state index contributed by atoms with van der Waals surface area (Å²) in [6.07, 6.45) is 11.6. The number of sulfonamides is 1. The lowest BCUT2D eigenvalue weighted by Crippen LogP contribution is -2.36. The van der Waals surface area contributed by atoms with E-state index in [-0.39, 0.29) is 17.0 Å². The summed E-state index contributed by atoms with van der Waals surface area (Å²) < 4.78 is 35.3. The molecule has 3 heterocycles. The molecule has 0 bridgehead atoms. The third-order valence-corrected chi connectivity index (χ3v) is 10.6. The van der Waals surface area contributed by atoms with Crippen molar-refractivity contribution < 1.29 is 23.1 Å². The van der Waals surface area contributed by atoms with Gasteiger partial charge in [0.1, 0.15) is 11.9 Å². The first-order chi connectivity index (χ1) is 21.9. The van der Waals surface area contributed by atoms with Crippen molar-refractivity contribution in [3.63, 3.8) is 0 Å². The predicted octanol–water partition coefficient (Wildman–Crippen LogP) is 5.11. The van der Waals surface area contributed by atoms with Crippen LogP contribution in [0, 0.1) is 5.92 Å². The molecule has 1 saturated carbocycles. The van der Waals surface area contributed by atoms with Crippen LogP contribution in [0.4, 0.5) is 16.2 Å². The molecule has 2 fully saturated rings. The Bertz CT molecular complexity index is 1550. The number of nitrogens with one attached hydrogen (secondary N) is 2. The van der Waals surface area contributed by atoms with Gasteiger partial charge < -0.3 is 20.1 Å². The van der Waals surface area contributed by atoms with Gasteiger partial charge in [-0.3, -0.25) is 14.6 Å². The number of fused-ring (bicyclic) bond motifs is 1. The minimum Gasteiger partial charge on any atom is -0.489 e. The number of benzene rings is 2. The van der Waals surface area contributed by atoms with Gasteiger partial charge in [-0.25, -0.2) is 13.2 Å². The maximum atomic E-state index is 13.2. The highest BCUT2D eigenvalue weighted by Gasteiger charge is 2.30. The van der Waals surface area contributed by atoms with E-state index >= 15 is 0 Å². The molecule has 1 aromatic heterocycles. The predicted molar refractivity (Wildman–Crippen MR) is 174 cm³/mol. The van der Waals surface area contributed by atoms with E-state index < -0.39 is 16.1 Å². The Morgan fingerprint density at radius 1 is 1.04 bits per heavy atom. The van der Waals surface area contributed by atoms with E-state index in [1.807, 2.05) is 11.0 Å². The summed E-state index contributed by atoms with van der Waals surface area (Å²) >= 11 is 0. The normalized spacial score (nSPS) is 19.4. The molecule has 3 aliphatic rings. The van der Waals surface area contributed by atoms with E-state index in [9.17, 15) is 18.3 Å². The fraction of sp³-hybridized carbons (Fsp3) is 0.471. The van der Waals surface area contributed by atoms with E-state index in [1.165, 1.54) is 32.1 Å². The molecular weight excluding hydrogens is 590 g/mol. The minimum atomic E-state index is -3.82. The fourth-order valence-corrected chi connectivity index (χ4v) is 7.74. The van der Waals surface area contributed by atoms with Gasteiger partial charge in [-0.05, 0) is 85.7 Å². The highest BCUT2D eigenvalue weighted by Crippen LogP contribution is 2.32. The molecule has 2 amide bonds. The summed E-state index contributed by atoms with van der Waals surface area (Å²) in [5.41, 5.74) is 2.81. The number of carbonyl (C=O) groups is 1. The number of ether oxygens (including phenoxy) is 1. The number of aliphatic hydroxyl groups excluding tert-OH is 1. The number of hydrogen-bond acceptors (Lipinski definition) is 7. The molecule has 3 N–H and O–H groups in total. The summed E-state index contributed by atoms with van der Waals surface area (Å²) in [5, 5.41) is 13.6. The summed E-state index contributed by atoms with van der Waals surface area (Å²) in [5.74, 6) is 1.50. The third kappa shape index (κ3) is 7.77. The number of pyridine rings is 1. The maximum Gasteiger partial charge on any atom is 0.324 e. The average Bonchev–Trinajstić information content (AvgIpc) is 3.71. The lowest BCUT2D eigenvalue weighted by atomic mass is 10.0. The largest absolute Gasteiger partial charge is 0.489 e. The standard InChI is InChI=1S/C34H43N5O5S/c40-32(27-8-3-17-35-22-27)24-36-23-30-14-9-26-21-31(15-16-33(26)44-30)45(42,43)37-28-10-12-29(13-11-28)39-20-19-38(34(39)41)18-4-7-25-5-1-2-6-25/h3,8,10-13,15-17,21-22,25,30,32,36-37,40H,1-2,4-7,9,14,18-20,23-24H2/t30?,32-/m0/s1. The van der Waals surface area contributed by atoms with Crippen LogP contribution in [0.25, 0.3) is 0 Å². The van der Waals surface area contributed by atoms with Crippen molar-refractivity contribution in [3.8, 4) is 5.75 Å². The van der Waals surface area contributed by atoms with Crippen molar-refractivity contribution in [2.24, 2.45) is 5.92 Å². The van der Waals surface area contributed by atoms with Gasteiger partial charge in [0.05, 0.1) is 11.0 Å². The number of nitrogens with zero attached hydrogens (tertiary/aromatic N) is 3. The van der Waals surface area contributed by atoms with Gasteiger partial charge in [-0.2, -0.15) is 0 Å². The van der Waals surface area contributed by atoms with Gasteiger partial charge >= 0.3 is 6.03 Å². The van der Waals surface area contributed by atoms with E-state index in [2.05, 4.69) is 15.0 Å². The molecule has 45 heavy (non-hydrogen) atoms. The van der Waals surface area contributed by atoms with Gasteiger partial charge in [0.15, 0.2) is 0 Å². The number of aliphatic hydroxyl groups is 1. The minimum absolute atomic E-state index is 0.0198. The molecular formula is C34H43N5O5S. The van der Waals surface area contributed by atoms with Gasteiger partial charge in [0, 0.05) is 62.1 Å². The van der Waals surface area contributed by atoms with Crippen LogP contribution in [0.1, 0.15) is 62.2 Å². The second-order valence-corrected chi connectivity index (χ2v) is 14.1. The molecule has 1 unspecified atom stereocenters. The number of aromatic nitrogens is 1. The van der Waals surface area contributed by atoms with Gasteiger partial charge in [0.2, 0.25) is 0 Å². The molecule has 10 nitrogen and oxygen atoms in total. The monoisotopic (exact) mass is 633 g/mol. The number of carbonyl (C=O) groups excluding carboxylic acids is 1. The van der Waals surface area contributed by atoms with Crippen LogP contribution in [0.5, 0.6) is 5.75 Å². The van der Waals surface area contributed by atoms with Gasteiger partial charge in [-0.1, -0.05) is 31.7 Å². The number of rotatable bonds is 13. The van der Waals surface area contributed by atoms with Crippen molar-refractivity contribution in [1.29, 1.82) is 0 Å². The summed E-state index contributed by atoms with van der Waals surface area (Å²) in [4.78, 5) is 20.9. The zero-order chi connectivity index (χ0) is 31.2. The number of aryl methyl sites for hydroxylation is 1. The Balaban J connectivity index is 0.988. The van der Waals surface area contributed by atoms with E-state index in [0.29, 0.717) is 44.0 Å². The van der Waals surface area contributed by atoms with Crippen LogP contribution >= 0.6 is 0 Å². The quantitative estimate of drug-likeness (QED) is 0.239. The average molecular weight is 634 g/mol. The SMILES string of the molecule is O=C1N(CCCC2CCCC2)CCN1c1ccc(NS(=O)(=O)c2ccc3c(c2)CCC(CNC[C@H](O)c2cccnc2)O3)cc1. The number of amides is 2. The second-order valence-electron chi connectivity index (χ2n) is 12.4. The van der Waals surface area contributed by atoms with Crippen LogP contribution in [-0.2, 0) is 16.4 Å². The first-order valence-electron chi connectivity index (χ1n) is 16.1. The Kier molecular flexibility index (Phi) is 9.87. The van der Waals surface area contributed by atoms with Crippen molar-refractivity contribution in [2.75, 3.05) is 42.3 Å². The van der Waals surface area contributed by atoms with Crippen molar-refractivity contribution >= 4 is 27.4 Å². The second kappa shape index (κ2) is 14.2. The van der Waals surface area contributed by atoms with Crippen LogP contribution in [0.15, 0.2) is 71.9 Å². The number of anilines is 2. The lowest BCUT2D eigenvalue weighted by molar-refractivity contribution is 0.146. The molecule has 0 spiro atoms.